The third-order valence-corrected chi connectivity index (χ3v) is 3.21. The van der Waals surface area contributed by atoms with E-state index in [2.05, 4.69) is 19.9 Å². The summed E-state index contributed by atoms with van der Waals surface area (Å²) in [5.74, 6) is 0.847. The molecule has 0 aliphatic rings. The topological polar surface area (TPSA) is 43.7 Å². The first-order valence-electron chi connectivity index (χ1n) is 6.19. The number of benzene rings is 1. The zero-order valence-corrected chi connectivity index (χ0v) is 11.0. The molecule has 0 amide bonds. The molecule has 0 saturated carbocycles. The molecule has 1 aromatic rings. The normalized spacial score (nSPS) is 13.0. The molecule has 0 heterocycles. The van der Waals surface area contributed by atoms with E-state index in [-0.39, 0.29) is 6.61 Å². The Morgan fingerprint density at radius 2 is 2.06 bits per heavy atom. The van der Waals surface area contributed by atoms with E-state index in [9.17, 15) is 5.11 Å². The zero-order valence-electron chi connectivity index (χ0n) is 11.0. The highest BCUT2D eigenvalue weighted by atomic mass is 16.3. The van der Waals surface area contributed by atoms with Crippen molar-refractivity contribution in [1.82, 2.24) is 4.90 Å². The van der Waals surface area contributed by atoms with Crippen LogP contribution < -0.4 is 0 Å². The number of hydrogen-bond acceptors (Lipinski definition) is 3. The van der Waals surface area contributed by atoms with Crippen LogP contribution in [0.5, 0.6) is 5.75 Å². The lowest BCUT2D eigenvalue weighted by atomic mass is 9.96. The highest BCUT2D eigenvalue weighted by Crippen LogP contribution is 2.25. The van der Waals surface area contributed by atoms with Crippen LogP contribution in [0.3, 0.4) is 0 Å². The van der Waals surface area contributed by atoms with Crippen LogP contribution in [0.4, 0.5) is 0 Å². The molecular formula is C14H23NO2. The van der Waals surface area contributed by atoms with Crippen molar-refractivity contribution in [2.24, 2.45) is 0 Å². The van der Waals surface area contributed by atoms with E-state index in [1.165, 1.54) is 5.56 Å². The summed E-state index contributed by atoms with van der Waals surface area (Å²) >= 11 is 0. The molecule has 3 heteroatoms. The predicted molar refractivity (Wildman–Crippen MR) is 70.2 cm³/mol. The summed E-state index contributed by atoms with van der Waals surface area (Å²) in [6.07, 6.45) is 1.09. The maximum absolute atomic E-state index is 9.82. The number of aromatic hydroxyl groups is 1. The van der Waals surface area contributed by atoms with E-state index in [4.69, 9.17) is 5.11 Å². The number of aliphatic hydroxyl groups is 1. The van der Waals surface area contributed by atoms with E-state index in [1.807, 2.05) is 18.0 Å². The van der Waals surface area contributed by atoms with Crippen molar-refractivity contribution in [2.45, 2.75) is 32.7 Å². The second-order valence-corrected chi connectivity index (χ2v) is 4.66. The maximum atomic E-state index is 9.82. The van der Waals surface area contributed by atoms with Crippen LogP contribution in [0.1, 0.15) is 37.3 Å². The van der Waals surface area contributed by atoms with Gasteiger partial charge in [-0.2, -0.15) is 0 Å². The Morgan fingerprint density at radius 1 is 1.35 bits per heavy atom. The summed E-state index contributed by atoms with van der Waals surface area (Å²) in [7, 11) is 1.94. The molecule has 0 saturated heterocycles. The zero-order chi connectivity index (χ0) is 12.8. The van der Waals surface area contributed by atoms with E-state index < -0.39 is 0 Å². The van der Waals surface area contributed by atoms with E-state index in [1.54, 1.807) is 6.07 Å². The Balaban J connectivity index is 2.83. The van der Waals surface area contributed by atoms with Gasteiger partial charge in [0.1, 0.15) is 5.75 Å². The molecule has 2 N–H and O–H groups in total. The summed E-state index contributed by atoms with van der Waals surface area (Å²) in [5, 5.41) is 18.7. The van der Waals surface area contributed by atoms with Gasteiger partial charge in [0, 0.05) is 18.7 Å². The summed E-state index contributed by atoms with van der Waals surface area (Å²) in [6.45, 7) is 5.77. The lowest BCUT2D eigenvalue weighted by Crippen LogP contribution is -2.21. The molecule has 1 atom stereocenters. The van der Waals surface area contributed by atoms with Gasteiger partial charge in [0.15, 0.2) is 0 Å². The van der Waals surface area contributed by atoms with Crippen LogP contribution in [-0.2, 0) is 6.54 Å². The fourth-order valence-electron chi connectivity index (χ4n) is 1.81. The molecule has 3 nitrogen and oxygen atoms in total. The van der Waals surface area contributed by atoms with Crippen LogP contribution in [0.2, 0.25) is 0 Å². The molecule has 1 aromatic carbocycles. The number of aliphatic hydroxyl groups excluding tert-OH is 1. The van der Waals surface area contributed by atoms with Crippen LogP contribution in [-0.4, -0.2) is 35.3 Å². The first kappa shape index (κ1) is 14.0. The molecule has 0 aromatic heterocycles. The summed E-state index contributed by atoms with van der Waals surface area (Å²) in [4.78, 5) is 2.00. The van der Waals surface area contributed by atoms with Gasteiger partial charge in [-0.25, -0.2) is 0 Å². The molecule has 0 spiro atoms. The van der Waals surface area contributed by atoms with Gasteiger partial charge in [-0.1, -0.05) is 26.0 Å². The fraction of sp³-hybridized carbons (Fsp3) is 0.571. The van der Waals surface area contributed by atoms with Crippen LogP contribution in [0, 0.1) is 0 Å². The molecular weight excluding hydrogens is 214 g/mol. The van der Waals surface area contributed by atoms with Gasteiger partial charge < -0.3 is 10.2 Å². The summed E-state index contributed by atoms with van der Waals surface area (Å²) in [6, 6.07) is 5.82. The van der Waals surface area contributed by atoms with Gasteiger partial charge >= 0.3 is 0 Å². The van der Waals surface area contributed by atoms with Gasteiger partial charge in [-0.05, 0) is 31.0 Å². The average Bonchev–Trinajstić information content (AvgIpc) is 2.31. The number of hydrogen-bond donors (Lipinski definition) is 2. The molecule has 17 heavy (non-hydrogen) atoms. The number of likely N-dealkylation sites (N-methyl/N-ethyl adjacent to an activating group) is 1. The fourth-order valence-corrected chi connectivity index (χ4v) is 1.81. The van der Waals surface area contributed by atoms with Crippen molar-refractivity contribution >= 4 is 0 Å². The Hall–Kier alpha value is -1.06. The number of nitrogens with zero attached hydrogens (tertiary/aromatic N) is 1. The van der Waals surface area contributed by atoms with Crippen molar-refractivity contribution in [3.8, 4) is 5.75 Å². The minimum Gasteiger partial charge on any atom is -0.508 e. The third kappa shape index (κ3) is 4.02. The maximum Gasteiger partial charge on any atom is 0.120 e. The van der Waals surface area contributed by atoms with Crippen molar-refractivity contribution in [2.75, 3.05) is 20.2 Å². The summed E-state index contributed by atoms with van der Waals surface area (Å²) in [5.41, 5.74) is 2.19. The predicted octanol–water partition coefficient (Wildman–Crippen LogP) is 2.33. The standard InChI is InChI=1S/C14H23NO2/c1-4-11(2)12-5-6-14(17)13(9-12)10-15(3)7-8-16/h5-6,9,11,16-17H,4,7-8,10H2,1-3H3. The van der Waals surface area contributed by atoms with Crippen LogP contribution in [0.25, 0.3) is 0 Å². The average molecular weight is 237 g/mol. The quantitative estimate of drug-likeness (QED) is 0.798. The van der Waals surface area contributed by atoms with Crippen LogP contribution >= 0.6 is 0 Å². The van der Waals surface area contributed by atoms with E-state index >= 15 is 0 Å². The van der Waals surface area contributed by atoms with Gasteiger partial charge in [0.05, 0.1) is 6.61 Å². The molecule has 1 unspecified atom stereocenters. The minimum atomic E-state index is 0.141. The van der Waals surface area contributed by atoms with Crippen molar-refractivity contribution < 1.29 is 10.2 Å². The summed E-state index contributed by atoms with van der Waals surface area (Å²) < 4.78 is 0. The molecule has 0 bridgehead atoms. The highest BCUT2D eigenvalue weighted by Gasteiger charge is 2.09. The third-order valence-electron chi connectivity index (χ3n) is 3.21. The van der Waals surface area contributed by atoms with E-state index in [0.29, 0.717) is 24.8 Å². The Morgan fingerprint density at radius 3 is 2.65 bits per heavy atom. The number of phenols is 1. The Bertz CT molecular complexity index is 352. The molecule has 96 valence electrons. The smallest absolute Gasteiger partial charge is 0.120 e. The highest BCUT2D eigenvalue weighted by molar-refractivity contribution is 5.37. The molecule has 0 radical (unpaired) electrons. The SMILES string of the molecule is CCC(C)c1ccc(O)c(CN(C)CCO)c1. The monoisotopic (exact) mass is 237 g/mol. The Kier molecular flexibility index (Phi) is 5.45. The van der Waals surface area contributed by atoms with Crippen LogP contribution in [0.15, 0.2) is 18.2 Å². The first-order chi connectivity index (χ1) is 8.08. The lowest BCUT2D eigenvalue weighted by Gasteiger charge is -2.18. The number of rotatable bonds is 6. The lowest BCUT2D eigenvalue weighted by molar-refractivity contribution is 0.216. The van der Waals surface area contributed by atoms with Gasteiger partial charge in [-0.3, -0.25) is 4.90 Å². The second-order valence-electron chi connectivity index (χ2n) is 4.66. The van der Waals surface area contributed by atoms with E-state index in [0.717, 1.165) is 12.0 Å². The Labute approximate surface area is 104 Å². The molecule has 0 aliphatic carbocycles. The largest absolute Gasteiger partial charge is 0.508 e. The van der Waals surface area contributed by atoms with Crippen molar-refractivity contribution in [3.05, 3.63) is 29.3 Å². The van der Waals surface area contributed by atoms with Crippen molar-refractivity contribution in [3.63, 3.8) is 0 Å². The van der Waals surface area contributed by atoms with Gasteiger partial charge in [0.2, 0.25) is 0 Å². The first-order valence-corrected chi connectivity index (χ1v) is 6.19. The molecule has 0 fully saturated rings. The molecule has 0 aliphatic heterocycles. The minimum absolute atomic E-state index is 0.141. The van der Waals surface area contributed by atoms with Crippen molar-refractivity contribution in [1.29, 1.82) is 0 Å². The van der Waals surface area contributed by atoms with Gasteiger partial charge in [0.25, 0.3) is 0 Å². The molecule has 1 rings (SSSR count). The van der Waals surface area contributed by atoms with Gasteiger partial charge in [-0.15, -0.1) is 0 Å². The second kappa shape index (κ2) is 6.62. The number of phenolic OH excluding ortho intramolecular Hbond substituents is 1.